The van der Waals surface area contributed by atoms with E-state index in [4.69, 9.17) is 18.9 Å². The molecule has 3 heterocycles. The number of fused-ring (bicyclic) bond motifs is 6. The van der Waals surface area contributed by atoms with Crippen molar-refractivity contribution in [2.24, 2.45) is 5.92 Å². The second-order valence-electron chi connectivity index (χ2n) is 7.82. The van der Waals surface area contributed by atoms with Gasteiger partial charge in [0.15, 0.2) is 6.10 Å². The van der Waals surface area contributed by atoms with Gasteiger partial charge >= 0.3 is 0 Å². The minimum absolute atomic E-state index is 0.00270. The molecule has 0 radical (unpaired) electrons. The summed E-state index contributed by atoms with van der Waals surface area (Å²) >= 11 is 0. The highest BCUT2D eigenvalue weighted by Gasteiger charge is 2.53. The quantitative estimate of drug-likeness (QED) is 0.753. The Morgan fingerprint density at radius 3 is 2.18 bits per heavy atom. The van der Waals surface area contributed by atoms with Crippen LogP contribution >= 0.6 is 0 Å². The van der Waals surface area contributed by atoms with Gasteiger partial charge in [0.1, 0.15) is 12.2 Å². The topological polar surface area (TPSA) is 36.9 Å². The van der Waals surface area contributed by atoms with Crippen molar-refractivity contribution in [1.29, 1.82) is 0 Å². The molecular formula is C24H26O4. The molecule has 0 saturated carbocycles. The molecule has 0 spiro atoms. The SMILES string of the molecule is C1=CC2C3CC[C@@H](OCc4ccccc4)C(O3)C(O1)[C@H]2OCc1ccccc1. The molecule has 2 saturated heterocycles. The zero-order chi connectivity index (χ0) is 18.8. The van der Waals surface area contributed by atoms with E-state index in [1.54, 1.807) is 0 Å². The molecule has 0 aliphatic carbocycles. The lowest BCUT2D eigenvalue weighted by Crippen LogP contribution is -2.63. The molecule has 2 aromatic carbocycles. The monoisotopic (exact) mass is 378 g/mol. The Balaban J connectivity index is 1.29. The Kier molecular flexibility index (Phi) is 5.17. The molecule has 5 rings (SSSR count). The summed E-state index contributed by atoms with van der Waals surface area (Å²) in [6, 6.07) is 20.6. The maximum atomic E-state index is 6.39. The molecule has 146 valence electrons. The smallest absolute Gasteiger partial charge is 0.153 e. The van der Waals surface area contributed by atoms with Gasteiger partial charge < -0.3 is 18.9 Å². The van der Waals surface area contributed by atoms with Crippen molar-refractivity contribution in [2.75, 3.05) is 0 Å². The molecule has 0 aromatic heterocycles. The van der Waals surface area contributed by atoms with E-state index >= 15 is 0 Å². The fourth-order valence-corrected chi connectivity index (χ4v) is 4.58. The minimum Gasteiger partial charge on any atom is -0.493 e. The van der Waals surface area contributed by atoms with E-state index in [-0.39, 0.29) is 36.4 Å². The largest absolute Gasteiger partial charge is 0.493 e. The van der Waals surface area contributed by atoms with E-state index in [0.29, 0.717) is 13.2 Å². The molecule has 6 atom stereocenters. The number of hydrogen-bond acceptors (Lipinski definition) is 4. The fourth-order valence-electron chi connectivity index (χ4n) is 4.58. The average Bonchev–Trinajstić information content (AvgIpc) is 2.76. The minimum atomic E-state index is -0.129. The third-order valence-electron chi connectivity index (χ3n) is 6.02. The molecule has 28 heavy (non-hydrogen) atoms. The zero-order valence-corrected chi connectivity index (χ0v) is 15.9. The van der Waals surface area contributed by atoms with Crippen LogP contribution in [0.5, 0.6) is 0 Å². The van der Waals surface area contributed by atoms with E-state index in [2.05, 4.69) is 30.3 Å². The van der Waals surface area contributed by atoms with Crippen LogP contribution in [0.15, 0.2) is 73.0 Å². The van der Waals surface area contributed by atoms with E-state index in [1.807, 2.05) is 42.7 Å². The van der Waals surface area contributed by atoms with Gasteiger partial charge in [0.05, 0.1) is 31.7 Å². The Morgan fingerprint density at radius 2 is 1.46 bits per heavy atom. The molecule has 3 aliphatic rings. The second kappa shape index (κ2) is 8.08. The maximum absolute atomic E-state index is 6.39. The number of hydrogen-bond donors (Lipinski definition) is 0. The maximum Gasteiger partial charge on any atom is 0.153 e. The first kappa shape index (κ1) is 17.9. The van der Waals surface area contributed by atoms with Gasteiger partial charge in [-0.05, 0) is 30.0 Å². The summed E-state index contributed by atoms with van der Waals surface area (Å²) in [5.41, 5.74) is 2.36. The van der Waals surface area contributed by atoms with Gasteiger partial charge in [-0.3, -0.25) is 0 Å². The summed E-state index contributed by atoms with van der Waals surface area (Å²) in [5, 5.41) is 0. The first-order valence-electron chi connectivity index (χ1n) is 10.2. The van der Waals surface area contributed by atoms with E-state index in [1.165, 1.54) is 11.1 Å². The molecule has 2 aromatic rings. The molecule has 0 N–H and O–H groups in total. The fraction of sp³-hybridized carbons (Fsp3) is 0.417. The summed E-state index contributed by atoms with van der Waals surface area (Å²) in [4.78, 5) is 0. The van der Waals surface area contributed by atoms with E-state index < -0.39 is 0 Å². The Bertz CT molecular complexity index is 791. The highest BCUT2D eigenvalue weighted by atomic mass is 16.6. The van der Waals surface area contributed by atoms with Crippen LogP contribution in [0.3, 0.4) is 0 Å². The summed E-state index contributed by atoms with van der Waals surface area (Å²) in [6.45, 7) is 1.18. The Morgan fingerprint density at radius 1 is 0.786 bits per heavy atom. The molecule has 4 heteroatoms. The number of ether oxygens (including phenoxy) is 4. The second-order valence-corrected chi connectivity index (χ2v) is 7.82. The van der Waals surface area contributed by atoms with Crippen LogP contribution in [0, 0.1) is 5.92 Å². The van der Waals surface area contributed by atoms with Crippen LogP contribution in [0.25, 0.3) is 0 Å². The molecular weight excluding hydrogens is 352 g/mol. The van der Waals surface area contributed by atoms with Gasteiger partial charge in [-0.1, -0.05) is 60.7 Å². The first-order valence-corrected chi connectivity index (χ1v) is 10.2. The van der Waals surface area contributed by atoms with E-state index in [9.17, 15) is 0 Å². The van der Waals surface area contributed by atoms with Crippen LogP contribution in [0.1, 0.15) is 24.0 Å². The summed E-state index contributed by atoms with van der Waals surface area (Å²) < 4.78 is 25.0. The average molecular weight is 378 g/mol. The van der Waals surface area contributed by atoms with Crippen molar-refractivity contribution < 1.29 is 18.9 Å². The van der Waals surface area contributed by atoms with Gasteiger partial charge in [0.2, 0.25) is 0 Å². The lowest BCUT2D eigenvalue weighted by atomic mass is 9.77. The van der Waals surface area contributed by atoms with Gasteiger partial charge in [0.25, 0.3) is 0 Å². The van der Waals surface area contributed by atoms with E-state index in [0.717, 1.165) is 12.8 Å². The van der Waals surface area contributed by atoms with Crippen LogP contribution < -0.4 is 0 Å². The van der Waals surface area contributed by atoms with Crippen molar-refractivity contribution in [2.45, 2.75) is 56.6 Å². The van der Waals surface area contributed by atoms with Crippen molar-refractivity contribution in [3.05, 3.63) is 84.1 Å². The molecule has 0 amide bonds. The molecule has 3 aliphatic heterocycles. The highest BCUT2D eigenvalue weighted by Crippen LogP contribution is 2.42. The number of rotatable bonds is 6. The molecule has 4 bridgehead atoms. The van der Waals surface area contributed by atoms with Crippen LogP contribution in [-0.2, 0) is 32.2 Å². The van der Waals surface area contributed by atoms with Crippen LogP contribution in [0.2, 0.25) is 0 Å². The third kappa shape index (κ3) is 3.60. The lowest BCUT2D eigenvalue weighted by molar-refractivity contribution is -0.266. The summed E-state index contributed by atoms with van der Waals surface area (Å²) in [5.74, 6) is 0.244. The standard InChI is InChI=1S/C24H26O4/c1-3-7-17(8-4-1)15-26-21-12-11-20-19-13-14-25-24(23(21)28-20)22(19)27-16-18-9-5-2-6-10-18/h1-10,13-14,19-24H,11-12,15-16H2/t19?,20?,21-,22+,23?,24?/m1/s1. The van der Waals surface area contributed by atoms with Crippen molar-refractivity contribution >= 4 is 0 Å². The van der Waals surface area contributed by atoms with Crippen molar-refractivity contribution in [3.63, 3.8) is 0 Å². The first-order chi connectivity index (χ1) is 13.9. The normalized spacial score (nSPS) is 33.3. The van der Waals surface area contributed by atoms with Gasteiger partial charge in [-0.2, -0.15) is 0 Å². The van der Waals surface area contributed by atoms with Crippen molar-refractivity contribution in [3.8, 4) is 0 Å². The van der Waals surface area contributed by atoms with Crippen LogP contribution in [0.4, 0.5) is 0 Å². The Labute approximate surface area is 166 Å². The summed E-state index contributed by atoms with van der Waals surface area (Å²) in [6.07, 6.45) is 5.91. The molecule has 4 nitrogen and oxygen atoms in total. The van der Waals surface area contributed by atoms with Crippen molar-refractivity contribution in [1.82, 2.24) is 0 Å². The highest BCUT2D eigenvalue weighted by molar-refractivity contribution is 5.15. The Hall–Kier alpha value is -2.14. The predicted octanol–water partition coefficient (Wildman–Crippen LogP) is 4.25. The number of benzene rings is 2. The molecule has 4 unspecified atom stereocenters. The lowest BCUT2D eigenvalue weighted by Gasteiger charge is -2.52. The van der Waals surface area contributed by atoms with Gasteiger partial charge in [-0.25, -0.2) is 0 Å². The predicted molar refractivity (Wildman–Crippen MR) is 105 cm³/mol. The zero-order valence-electron chi connectivity index (χ0n) is 15.9. The third-order valence-corrected chi connectivity index (χ3v) is 6.02. The van der Waals surface area contributed by atoms with Crippen LogP contribution in [-0.4, -0.2) is 30.5 Å². The molecule has 2 fully saturated rings. The summed E-state index contributed by atoms with van der Waals surface area (Å²) in [7, 11) is 0. The van der Waals surface area contributed by atoms with Gasteiger partial charge in [-0.15, -0.1) is 0 Å². The van der Waals surface area contributed by atoms with Gasteiger partial charge in [0, 0.05) is 5.92 Å².